The lowest BCUT2D eigenvalue weighted by Crippen LogP contribution is -2.05. The molecule has 0 bridgehead atoms. The fourth-order valence-corrected chi connectivity index (χ4v) is 1.78. The molecule has 2 heterocycles. The van der Waals surface area contributed by atoms with Gasteiger partial charge in [0.05, 0.1) is 0 Å². The van der Waals surface area contributed by atoms with E-state index in [0.29, 0.717) is 6.04 Å². The lowest BCUT2D eigenvalue weighted by atomic mass is 10.3. The number of nitrogens with one attached hydrogen (secondary N) is 1. The number of unbranched alkanes of at least 4 members (excludes halogenated alkanes) is 1. The van der Waals surface area contributed by atoms with Crippen LogP contribution in [-0.4, -0.2) is 31.0 Å². The van der Waals surface area contributed by atoms with Gasteiger partial charge < -0.3 is 5.32 Å². The molecule has 2 aromatic heterocycles. The molecule has 6 heteroatoms. The molecule has 0 atom stereocenters. The molecule has 0 unspecified atom stereocenters. The normalized spacial score (nSPS) is 15.4. The van der Waals surface area contributed by atoms with Crippen molar-refractivity contribution in [2.45, 2.75) is 45.2 Å². The Morgan fingerprint density at radius 3 is 3.06 bits per heavy atom. The quantitative estimate of drug-likeness (QED) is 0.848. The smallest absolute Gasteiger partial charge is 0.183 e. The highest BCUT2D eigenvalue weighted by molar-refractivity contribution is 5.82. The summed E-state index contributed by atoms with van der Waals surface area (Å²) in [4.78, 5) is 8.51. The van der Waals surface area contributed by atoms with Gasteiger partial charge in [-0.05, 0) is 19.3 Å². The first kappa shape index (κ1) is 10.4. The van der Waals surface area contributed by atoms with E-state index in [2.05, 4.69) is 32.5 Å². The maximum Gasteiger partial charge on any atom is 0.183 e. The number of rotatable bonds is 5. The standard InChI is InChI=1S/C11H16N6/c1-2-3-6-17-11-9(15-16-17)10(12-7-13-11)14-8-4-5-8/h7-8H,2-6H2,1H3,(H,12,13,14). The van der Waals surface area contributed by atoms with Crippen molar-refractivity contribution < 1.29 is 0 Å². The van der Waals surface area contributed by atoms with Crippen LogP contribution in [0.2, 0.25) is 0 Å². The van der Waals surface area contributed by atoms with Crippen LogP contribution in [0.4, 0.5) is 5.82 Å². The van der Waals surface area contributed by atoms with E-state index in [-0.39, 0.29) is 0 Å². The maximum atomic E-state index is 4.27. The fourth-order valence-electron chi connectivity index (χ4n) is 1.78. The van der Waals surface area contributed by atoms with E-state index in [9.17, 15) is 0 Å². The van der Waals surface area contributed by atoms with Crippen LogP contribution in [0.5, 0.6) is 0 Å². The molecule has 0 amide bonds. The number of hydrogen-bond donors (Lipinski definition) is 1. The van der Waals surface area contributed by atoms with Gasteiger partial charge in [-0.15, -0.1) is 5.10 Å². The van der Waals surface area contributed by atoms with E-state index in [1.165, 1.54) is 12.8 Å². The minimum Gasteiger partial charge on any atom is -0.365 e. The zero-order valence-electron chi connectivity index (χ0n) is 9.93. The van der Waals surface area contributed by atoms with Gasteiger partial charge in [-0.25, -0.2) is 14.6 Å². The molecule has 0 aliphatic heterocycles. The van der Waals surface area contributed by atoms with Crippen molar-refractivity contribution in [3.63, 3.8) is 0 Å². The molecule has 1 N–H and O–H groups in total. The minimum absolute atomic E-state index is 0.564. The van der Waals surface area contributed by atoms with E-state index in [4.69, 9.17) is 0 Å². The average molecular weight is 232 g/mol. The summed E-state index contributed by atoms with van der Waals surface area (Å²) >= 11 is 0. The van der Waals surface area contributed by atoms with Gasteiger partial charge in [0.1, 0.15) is 6.33 Å². The summed E-state index contributed by atoms with van der Waals surface area (Å²) in [5.74, 6) is 0.820. The topological polar surface area (TPSA) is 68.5 Å². The lowest BCUT2D eigenvalue weighted by Gasteiger charge is -2.03. The molecular formula is C11H16N6. The van der Waals surface area contributed by atoms with Gasteiger partial charge in [-0.3, -0.25) is 0 Å². The van der Waals surface area contributed by atoms with Crippen LogP contribution in [0.3, 0.4) is 0 Å². The van der Waals surface area contributed by atoms with Crippen molar-refractivity contribution in [3.05, 3.63) is 6.33 Å². The molecule has 1 saturated carbocycles. The molecular weight excluding hydrogens is 216 g/mol. The highest BCUT2D eigenvalue weighted by Gasteiger charge is 2.23. The summed E-state index contributed by atoms with van der Waals surface area (Å²) in [6.07, 6.45) is 6.25. The van der Waals surface area contributed by atoms with E-state index in [1.807, 2.05) is 4.68 Å². The predicted molar refractivity (Wildman–Crippen MR) is 64.7 cm³/mol. The summed E-state index contributed by atoms with van der Waals surface area (Å²) in [7, 11) is 0. The van der Waals surface area contributed by atoms with Gasteiger partial charge in [-0.1, -0.05) is 18.6 Å². The largest absolute Gasteiger partial charge is 0.365 e. The van der Waals surface area contributed by atoms with Gasteiger partial charge in [0.25, 0.3) is 0 Å². The number of fused-ring (bicyclic) bond motifs is 1. The summed E-state index contributed by atoms with van der Waals surface area (Å²) < 4.78 is 1.86. The molecule has 1 aliphatic rings. The van der Waals surface area contributed by atoms with E-state index in [0.717, 1.165) is 36.4 Å². The SMILES string of the molecule is CCCCn1nnc2c(NC3CC3)ncnc21. The lowest BCUT2D eigenvalue weighted by molar-refractivity contribution is 0.564. The summed E-state index contributed by atoms with van der Waals surface area (Å²) in [5.41, 5.74) is 1.62. The van der Waals surface area contributed by atoms with Crippen LogP contribution in [0.15, 0.2) is 6.33 Å². The number of aromatic nitrogens is 5. The van der Waals surface area contributed by atoms with Crippen LogP contribution in [0.25, 0.3) is 11.2 Å². The Morgan fingerprint density at radius 1 is 1.41 bits per heavy atom. The Labute approximate surface area is 99.4 Å². The van der Waals surface area contributed by atoms with E-state index in [1.54, 1.807) is 6.33 Å². The van der Waals surface area contributed by atoms with Crippen LogP contribution in [0, 0.1) is 0 Å². The third kappa shape index (κ3) is 2.07. The molecule has 3 rings (SSSR count). The summed E-state index contributed by atoms with van der Waals surface area (Å²) in [5, 5.41) is 11.7. The van der Waals surface area contributed by atoms with Gasteiger partial charge in [0, 0.05) is 12.6 Å². The first-order valence-corrected chi connectivity index (χ1v) is 6.19. The molecule has 0 radical (unpaired) electrons. The van der Waals surface area contributed by atoms with Crippen LogP contribution in [0.1, 0.15) is 32.6 Å². The Balaban J connectivity index is 1.92. The highest BCUT2D eigenvalue weighted by Crippen LogP contribution is 2.26. The molecule has 1 aliphatic carbocycles. The minimum atomic E-state index is 0.564. The average Bonchev–Trinajstić information content (AvgIpc) is 3.06. The third-order valence-electron chi connectivity index (χ3n) is 2.94. The Kier molecular flexibility index (Phi) is 2.62. The van der Waals surface area contributed by atoms with E-state index >= 15 is 0 Å². The Bertz CT molecular complexity index is 516. The molecule has 6 nitrogen and oxygen atoms in total. The van der Waals surface area contributed by atoms with Crippen molar-refractivity contribution in [2.24, 2.45) is 0 Å². The van der Waals surface area contributed by atoms with Gasteiger partial charge in [0.15, 0.2) is 17.0 Å². The predicted octanol–water partition coefficient (Wildman–Crippen LogP) is 1.60. The van der Waals surface area contributed by atoms with Crippen molar-refractivity contribution in [1.82, 2.24) is 25.0 Å². The van der Waals surface area contributed by atoms with Gasteiger partial charge in [0.2, 0.25) is 0 Å². The zero-order valence-corrected chi connectivity index (χ0v) is 9.93. The van der Waals surface area contributed by atoms with Crippen molar-refractivity contribution in [1.29, 1.82) is 0 Å². The highest BCUT2D eigenvalue weighted by atomic mass is 15.4. The molecule has 0 spiro atoms. The van der Waals surface area contributed by atoms with Gasteiger partial charge in [-0.2, -0.15) is 0 Å². The monoisotopic (exact) mass is 232 g/mol. The van der Waals surface area contributed by atoms with E-state index < -0.39 is 0 Å². The maximum absolute atomic E-state index is 4.27. The molecule has 0 aromatic carbocycles. The summed E-state index contributed by atoms with van der Waals surface area (Å²) in [6.45, 7) is 3.03. The van der Waals surface area contributed by atoms with Crippen LogP contribution in [-0.2, 0) is 6.54 Å². The van der Waals surface area contributed by atoms with Crippen LogP contribution >= 0.6 is 0 Å². The molecule has 90 valence electrons. The molecule has 1 fully saturated rings. The number of hydrogen-bond acceptors (Lipinski definition) is 5. The Morgan fingerprint density at radius 2 is 2.29 bits per heavy atom. The number of anilines is 1. The first-order valence-electron chi connectivity index (χ1n) is 6.19. The fraction of sp³-hybridized carbons (Fsp3) is 0.636. The molecule has 17 heavy (non-hydrogen) atoms. The summed E-state index contributed by atoms with van der Waals surface area (Å²) in [6, 6.07) is 0.564. The van der Waals surface area contributed by atoms with Gasteiger partial charge >= 0.3 is 0 Å². The first-order chi connectivity index (χ1) is 8.38. The van der Waals surface area contributed by atoms with Crippen molar-refractivity contribution in [3.8, 4) is 0 Å². The third-order valence-corrected chi connectivity index (χ3v) is 2.94. The van der Waals surface area contributed by atoms with Crippen molar-refractivity contribution in [2.75, 3.05) is 5.32 Å². The number of nitrogens with zero attached hydrogens (tertiary/aromatic N) is 5. The zero-order chi connectivity index (χ0) is 11.7. The van der Waals surface area contributed by atoms with Crippen molar-refractivity contribution >= 4 is 17.0 Å². The number of aryl methyl sites for hydroxylation is 1. The Hall–Kier alpha value is -1.72. The second-order valence-corrected chi connectivity index (χ2v) is 4.48. The van der Waals surface area contributed by atoms with Crippen LogP contribution < -0.4 is 5.32 Å². The molecule has 0 saturated heterocycles. The second kappa shape index (κ2) is 4.27. The second-order valence-electron chi connectivity index (χ2n) is 4.48. The molecule has 2 aromatic rings.